The highest BCUT2D eigenvalue weighted by atomic mass is 16.7. The summed E-state index contributed by atoms with van der Waals surface area (Å²) in [6.45, 7) is 8.09. The molecule has 0 amide bonds. The monoisotopic (exact) mass is 274 g/mol. The van der Waals surface area contributed by atoms with Crippen LogP contribution in [-0.4, -0.2) is 12.4 Å². The maximum absolute atomic E-state index is 6.10. The minimum absolute atomic E-state index is 0.140. The van der Waals surface area contributed by atoms with E-state index in [0.717, 1.165) is 23.3 Å². The number of benzene rings is 1. The molecule has 0 radical (unpaired) electrons. The highest BCUT2D eigenvalue weighted by molar-refractivity contribution is 5.62. The molecule has 1 aliphatic carbocycles. The standard InChI is InChI=1S/C18H26O2/c1-4-18(19-16-10-6-5-7-11-16)20-17-12-8-9-15(13-17)14(2)3/h8-9,12-13,16,18H,2,4-7,10-11H2,1,3H3. The second kappa shape index (κ2) is 7.49. The van der Waals surface area contributed by atoms with Crippen LogP contribution in [0.15, 0.2) is 30.8 Å². The minimum Gasteiger partial charge on any atom is -0.465 e. The first-order valence-electron chi connectivity index (χ1n) is 7.77. The lowest BCUT2D eigenvalue weighted by Crippen LogP contribution is -2.28. The van der Waals surface area contributed by atoms with Gasteiger partial charge in [-0.3, -0.25) is 0 Å². The van der Waals surface area contributed by atoms with Gasteiger partial charge in [-0.25, -0.2) is 0 Å². The van der Waals surface area contributed by atoms with Gasteiger partial charge >= 0.3 is 0 Å². The summed E-state index contributed by atoms with van der Waals surface area (Å²) in [5, 5.41) is 0. The SMILES string of the molecule is C=C(C)c1cccc(OC(CC)OC2CCCCC2)c1. The fourth-order valence-electron chi connectivity index (χ4n) is 2.61. The summed E-state index contributed by atoms with van der Waals surface area (Å²) in [6.07, 6.45) is 7.36. The number of rotatable bonds is 6. The molecule has 1 fully saturated rings. The maximum atomic E-state index is 6.10. The van der Waals surface area contributed by atoms with E-state index in [2.05, 4.69) is 19.6 Å². The van der Waals surface area contributed by atoms with Gasteiger partial charge in [-0.15, -0.1) is 0 Å². The Bertz CT molecular complexity index is 433. The van der Waals surface area contributed by atoms with Crippen molar-refractivity contribution in [3.05, 3.63) is 36.4 Å². The van der Waals surface area contributed by atoms with Gasteiger partial charge in [0.1, 0.15) is 5.75 Å². The smallest absolute Gasteiger partial charge is 0.199 e. The van der Waals surface area contributed by atoms with Gasteiger partial charge in [0, 0.05) is 6.42 Å². The predicted molar refractivity (Wildman–Crippen MR) is 83.8 cm³/mol. The average molecular weight is 274 g/mol. The summed E-state index contributed by atoms with van der Waals surface area (Å²) in [6, 6.07) is 8.08. The largest absolute Gasteiger partial charge is 0.465 e. The fraction of sp³-hybridized carbons (Fsp3) is 0.556. The number of hydrogen-bond acceptors (Lipinski definition) is 2. The number of hydrogen-bond donors (Lipinski definition) is 0. The Labute approximate surface area is 122 Å². The van der Waals surface area contributed by atoms with E-state index in [1.807, 2.05) is 25.1 Å². The second-order valence-corrected chi connectivity index (χ2v) is 5.66. The van der Waals surface area contributed by atoms with Crippen molar-refractivity contribution in [1.29, 1.82) is 0 Å². The topological polar surface area (TPSA) is 18.5 Å². The molecule has 0 bridgehead atoms. The van der Waals surface area contributed by atoms with Gasteiger partial charge in [0.15, 0.2) is 6.29 Å². The van der Waals surface area contributed by atoms with E-state index in [9.17, 15) is 0 Å². The molecule has 1 saturated carbocycles. The van der Waals surface area contributed by atoms with Crippen LogP contribution < -0.4 is 4.74 Å². The van der Waals surface area contributed by atoms with Crippen LogP contribution in [0.2, 0.25) is 0 Å². The van der Waals surface area contributed by atoms with Gasteiger partial charge in [0.25, 0.3) is 0 Å². The molecule has 110 valence electrons. The molecule has 1 aromatic carbocycles. The Morgan fingerprint density at radius 2 is 2.05 bits per heavy atom. The summed E-state index contributed by atoms with van der Waals surface area (Å²) < 4.78 is 12.1. The second-order valence-electron chi connectivity index (χ2n) is 5.66. The predicted octanol–water partition coefficient (Wildman–Crippen LogP) is 5.18. The van der Waals surface area contributed by atoms with Crippen LogP contribution in [0.25, 0.3) is 5.57 Å². The Hall–Kier alpha value is -1.28. The van der Waals surface area contributed by atoms with Crippen molar-refractivity contribution < 1.29 is 9.47 Å². The lowest BCUT2D eigenvalue weighted by atomic mass is 9.98. The fourth-order valence-corrected chi connectivity index (χ4v) is 2.61. The van der Waals surface area contributed by atoms with E-state index >= 15 is 0 Å². The Morgan fingerprint density at radius 1 is 1.30 bits per heavy atom. The molecule has 0 spiro atoms. The van der Waals surface area contributed by atoms with E-state index in [-0.39, 0.29) is 6.29 Å². The van der Waals surface area contributed by atoms with Gasteiger partial charge < -0.3 is 9.47 Å². The normalized spacial score (nSPS) is 17.7. The first kappa shape index (κ1) is 15.1. The van der Waals surface area contributed by atoms with Gasteiger partial charge in [0.2, 0.25) is 0 Å². The van der Waals surface area contributed by atoms with Crippen molar-refractivity contribution in [2.75, 3.05) is 0 Å². The average Bonchev–Trinajstić information content (AvgIpc) is 2.48. The summed E-state index contributed by atoms with van der Waals surface area (Å²) in [7, 11) is 0. The van der Waals surface area contributed by atoms with E-state index in [1.54, 1.807) is 0 Å². The van der Waals surface area contributed by atoms with E-state index < -0.39 is 0 Å². The zero-order valence-electron chi connectivity index (χ0n) is 12.7. The van der Waals surface area contributed by atoms with Gasteiger partial charge in [0.05, 0.1) is 6.10 Å². The molecule has 0 saturated heterocycles. The molecule has 1 unspecified atom stereocenters. The van der Waals surface area contributed by atoms with Crippen LogP contribution in [0.4, 0.5) is 0 Å². The molecular weight excluding hydrogens is 248 g/mol. The number of ether oxygens (including phenoxy) is 2. The summed E-state index contributed by atoms with van der Waals surface area (Å²) in [5.41, 5.74) is 2.17. The molecule has 2 rings (SSSR count). The van der Waals surface area contributed by atoms with Crippen LogP contribution in [0.1, 0.15) is 57.9 Å². The van der Waals surface area contributed by atoms with Crippen LogP contribution in [-0.2, 0) is 4.74 Å². The first-order valence-corrected chi connectivity index (χ1v) is 7.77. The summed E-state index contributed by atoms with van der Waals surface area (Å²) in [5.74, 6) is 0.869. The van der Waals surface area contributed by atoms with Crippen LogP contribution in [0, 0.1) is 0 Å². The molecule has 1 aliphatic rings. The Balaban J connectivity index is 1.94. The third-order valence-electron chi connectivity index (χ3n) is 3.82. The Morgan fingerprint density at radius 3 is 2.70 bits per heavy atom. The van der Waals surface area contributed by atoms with Crippen molar-refractivity contribution in [2.24, 2.45) is 0 Å². The minimum atomic E-state index is -0.140. The van der Waals surface area contributed by atoms with E-state index in [4.69, 9.17) is 9.47 Å². The van der Waals surface area contributed by atoms with Crippen LogP contribution in [0.3, 0.4) is 0 Å². The quantitative estimate of drug-likeness (QED) is 0.665. The molecule has 1 atom stereocenters. The summed E-state index contributed by atoms with van der Waals surface area (Å²) in [4.78, 5) is 0. The third-order valence-corrected chi connectivity index (χ3v) is 3.82. The molecule has 0 aromatic heterocycles. The van der Waals surface area contributed by atoms with Gasteiger partial charge in [-0.2, -0.15) is 0 Å². The molecule has 2 heteroatoms. The van der Waals surface area contributed by atoms with Crippen LogP contribution in [0.5, 0.6) is 5.75 Å². The van der Waals surface area contributed by atoms with Crippen LogP contribution >= 0.6 is 0 Å². The Kier molecular flexibility index (Phi) is 5.66. The molecule has 2 nitrogen and oxygen atoms in total. The maximum Gasteiger partial charge on any atom is 0.199 e. The molecule has 0 N–H and O–H groups in total. The van der Waals surface area contributed by atoms with Gasteiger partial charge in [-0.1, -0.05) is 50.5 Å². The molecule has 1 aromatic rings. The van der Waals surface area contributed by atoms with E-state index in [0.29, 0.717) is 6.10 Å². The zero-order valence-corrected chi connectivity index (χ0v) is 12.7. The van der Waals surface area contributed by atoms with E-state index in [1.165, 1.54) is 32.1 Å². The number of allylic oxidation sites excluding steroid dienone is 1. The molecule has 20 heavy (non-hydrogen) atoms. The highest BCUT2D eigenvalue weighted by Crippen LogP contribution is 2.25. The van der Waals surface area contributed by atoms with Crippen molar-refractivity contribution in [1.82, 2.24) is 0 Å². The molecule has 0 heterocycles. The van der Waals surface area contributed by atoms with Crippen molar-refractivity contribution in [2.45, 2.75) is 64.8 Å². The first-order chi connectivity index (χ1) is 9.69. The molecular formula is C18H26O2. The van der Waals surface area contributed by atoms with Gasteiger partial charge in [-0.05, 0) is 37.5 Å². The van der Waals surface area contributed by atoms with Crippen molar-refractivity contribution >= 4 is 5.57 Å². The van der Waals surface area contributed by atoms with Crippen molar-refractivity contribution in [3.63, 3.8) is 0 Å². The lowest BCUT2D eigenvalue weighted by molar-refractivity contribution is -0.129. The summed E-state index contributed by atoms with van der Waals surface area (Å²) >= 11 is 0. The third kappa shape index (κ3) is 4.38. The lowest BCUT2D eigenvalue weighted by Gasteiger charge is -2.27. The molecule has 0 aliphatic heterocycles. The van der Waals surface area contributed by atoms with Crippen molar-refractivity contribution in [3.8, 4) is 5.75 Å². The highest BCUT2D eigenvalue weighted by Gasteiger charge is 2.19. The zero-order chi connectivity index (χ0) is 14.4.